The number of rotatable bonds is 3. The first kappa shape index (κ1) is 16.4. The fourth-order valence-corrected chi connectivity index (χ4v) is 4.66. The molecule has 1 N–H and O–H groups in total. The molecule has 0 spiro atoms. The van der Waals surface area contributed by atoms with E-state index in [1.165, 1.54) is 4.31 Å². The Hall–Kier alpha value is -1.41. The molecule has 0 radical (unpaired) electrons. The molecule has 1 aromatic carbocycles. The van der Waals surface area contributed by atoms with E-state index in [0.717, 1.165) is 5.56 Å². The number of aryl methyl sites for hydroxylation is 2. The maximum Gasteiger partial charge on any atom is 0.246 e. The van der Waals surface area contributed by atoms with Crippen molar-refractivity contribution in [1.29, 1.82) is 0 Å². The highest BCUT2D eigenvalue weighted by Crippen LogP contribution is 2.29. The second-order valence-electron chi connectivity index (χ2n) is 5.54. The summed E-state index contributed by atoms with van der Waals surface area (Å²) >= 11 is 5.90. The number of nitrogens with one attached hydrogen (secondary N) is 1. The second kappa shape index (κ2) is 6.24. The normalized spacial score (nSPS) is 19.9. The molecule has 1 unspecified atom stereocenters. The Kier molecular flexibility index (Phi) is 4.46. The third kappa shape index (κ3) is 3.14. The topological polar surface area (TPSA) is 75.3 Å². The molecule has 1 aromatic heterocycles. The van der Waals surface area contributed by atoms with Crippen LogP contribution in [0.3, 0.4) is 0 Å². The number of halogens is 1. The number of H-pyrrole nitrogens is 1. The standard InChI is InChI=1S/C15H18ClN3O3S/c1-10-15(11(2)18-17-10)23(20,21)19-7-8-22-14(9-19)12-3-5-13(16)6-4-12/h3-6,14H,7-9H2,1-2H3,(H,17,18). The van der Waals surface area contributed by atoms with Crippen molar-refractivity contribution < 1.29 is 13.2 Å². The van der Waals surface area contributed by atoms with Gasteiger partial charge in [-0.1, -0.05) is 23.7 Å². The fourth-order valence-electron chi connectivity index (χ4n) is 2.77. The highest BCUT2D eigenvalue weighted by atomic mass is 35.5. The summed E-state index contributed by atoms with van der Waals surface area (Å²) in [4.78, 5) is 0.259. The summed E-state index contributed by atoms with van der Waals surface area (Å²) in [6, 6.07) is 7.27. The lowest BCUT2D eigenvalue weighted by atomic mass is 10.1. The van der Waals surface area contributed by atoms with Crippen LogP contribution in [0, 0.1) is 13.8 Å². The molecule has 8 heteroatoms. The molecule has 1 fully saturated rings. The van der Waals surface area contributed by atoms with Crippen LogP contribution >= 0.6 is 11.6 Å². The minimum atomic E-state index is -3.60. The molecule has 124 valence electrons. The smallest absolute Gasteiger partial charge is 0.246 e. The van der Waals surface area contributed by atoms with Gasteiger partial charge in [0, 0.05) is 18.1 Å². The third-order valence-electron chi connectivity index (χ3n) is 3.93. The van der Waals surface area contributed by atoms with Crippen LogP contribution < -0.4 is 0 Å². The van der Waals surface area contributed by atoms with Crippen molar-refractivity contribution in [3.8, 4) is 0 Å². The van der Waals surface area contributed by atoms with Gasteiger partial charge in [-0.3, -0.25) is 5.10 Å². The molecule has 1 saturated heterocycles. The van der Waals surface area contributed by atoms with Gasteiger partial charge in [0.25, 0.3) is 0 Å². The third-order valence-corrected chi connectivity index (χ3v) is 6.31. The van der Waals surface area contributed by atoms with Gasteiger partial charge in [0.05, 0.1) is 24.1 Å². The predicted octanol–water partition coefficient (Wildman–Crippen LogP) is 2.44. The molecular weight excluding hydrogens is 338 g/mol. The Bertz CT molecular complexity index is 782. The van der Waals surface area contributed by atoms with Crippen LogP contribution in [0.25, 0.3) is 0 Å². The van der Waals surface area contributed by atoms with Crippen molar-refractivity contribution in [3.05, 3.63) is 46.2 Å². The van der Waals surface area contributed by atoms with Crippen LogP contribution in [-0.4, -0.2) is 42.6 Å². The van der Waals surface area contributed by atoms with Gasteiger partial charge in [-0.15, -0.1) is 0 Å². The molecular formula is C15H18ClN3O3S. The summed E-state index contributed by atoms with van der Waals surface area (Å²) in [7, 11) is -3.60. The van der Waals surface area contributed by atoms with E-state index >= 15 is 0 Å². The zero-order valence-electron chi connectivity index (χ0n) is 12.9. The van der Waals surface area contributed by atoms with Crippen molar-refractivity contribution in [2.45, 2.75) is 24.8 Å². The van der Waals surface area contributed by atoms with Gasteiger partial charge in [0.2, 0.25) is 10.0 Å². The van der Waals surface area contributed by atoms with Crippen LogP contribution in [0.5, 0.6) is 0 Å². The number of sulfonamides is 1. The number of aromatic amines is 1. The SMILES string of the molecule is Cc1n[nH]c(C)c1S(=O)(=O)N1CCOC(c2ccc(Cl)cc2)C1. The molecule has 2 heterocycles. The molecule has 23 heavy (non-hydrogen) atoms. The first-order valence-electron chi connectivity index (χ1n) is 7.28. The molecule has 3 rings (SSSR count). The van der Waals surface area contributed by atoms with Gasteiger partial charge in [0.1, 0.15) is 4.90 Å². The van der Waals surface area contributed by atoms with Gasteiger partial charge in [0.15, 0.2) is 0 Å². The van der Waals surface area contributed by atoms with Crippen molar-refractivity contribution in [1.82, 2.24) is 14.5 Å². The van der Waals surface area contributed by atoms with Crippen LogP contribution in [0.15, 0.2) is 29.2 Å². The summed E-state index contributed by atoms with van der Waals surface area (Å²) in [6.07, 6.45) is -0.302. The maximum absolute atomic E-state index is 12.9. The number of aromatic nitrogens is 2. The number of nitrogens with zero attached hydrogens (tertiary/aromatic N) is 2. The van der Waals surface area contributed by atoms with Crippen molar-refractivity contribution in [2.24, 2.45) is 0 Å². The molecule has 2 aromatic rings. The van der Waals surface area contributed by atoms with E-state index in [1.807, 2.05) is 12.1 Å². The number of ether oxygens (including phenoxy) is 1. The molecule has 0 bridgehead atoms. The maximum atomic E-state index is 12.9. The van der Waals surface area contributed by atoms with E-state index < -0.39 is 10.0 Å². The molecule has 6 nitrogen and oxygen atoms in total. The summed E-state index contributed by atoms with van der Waals surface area (Å²) in [5, 5.41) is 7.35. The molecule has 1 aliphatic rings. The van der Waals surface area contributed by atoms with Gasteiger partial charge < -0.3 is 4.74 Å². The molecule has 1 atom stereocenters. The lowest BCUT2D eigenvalue weighted by molar-refractivity contribution is -0.00257. The Morgan fingerprint density at radius 2 is 2.00 bits per heavy atom. The minimum absolute atomic E-state index is 0.259. The Balaban J connectivity index is 1.87. The Labute approximate surface area is 140 Å². The lowest BCUT2D eigenvalue weighted by Gasteiger charge is -2.32. The first-order valence-corrected chi connectivity index (χ1v) is 9.10. The van der Waals surface area contributed by atoms with Crippen LogP contribution in [0.4, 0.5) is 0 Å². The number of morpholine rings is 1. The summed E-state index contributed by atoms with van der Waals surface area (Å²) in [5.41, 5.74) is 1.95. The van der Waals surface area contributed by atoms with Crippen molar-refractivity contribution in [2.75, 3.05) is 19.7 Å². The van der Waals surface area contributed by atoms with Crippen molar-refractivity contribution >= 4 is 21.6 Å². The van der Waals surface area contributed by atoms with E-state index in [0.29, 0.717) is 29.6 Å². The number of benzene rings is 1. The first-order chi connectivity index (χ1) is 10.9. The van der Waals surface area contributed by atoms with Gasteiger partial charge in [-0.05, 0) is 31.5 Å². The quantitative estimate of drug-likeness (QED) is 0.917. The molecule has 0 amide bonds. The Morgan fingerprint density at radius 1 is 1.30 bits per heavy atom. The molecule has 0 saturated carbocycles. The Morgan fingerprint density at radius 3 is 2.61 bits per heavy atom. The second-order valence-corrected chi connectivity index (χ2v) is 7.85. The van der Waals surface area contributed by atoms with E-state index in [2.05, 4.69) is 10.2 Å². The van der Waals surface area contributed by atoms with Gasteiger partial charge in [-0.2, -0.15) is 9.40 Å². The zero-order valence-corrected chi connectivity index (χ0v) is 14.5. The van der Waals surface area contributed by atoms with Crippen LogP contribution in [0.1, 0.15) is 23.1 Å². The number of hydrogen-bond acceptors (Lipinski definition) is 4. The predicted molar refractivity (Wildman–Crippen MR) is 87.0 cm³/mol. The monoisotopic (exact) mass is 355 g/mol. The zero-order chi connectivity index (χ0) is 16.6. The summed E-state index contributed by atoms with van der Waals surface area (Å²) in [6.45, 7) is 4.35. The fraction of sp³-hybridized carbons (Fsp3) is 0.400. The largest absolute Gasteiger partial charge is 0.371 e. The molecule has 1 aliphatic heterocycles. The van der Waals surface area contributed by atoms with Crippen LogP contribution in [0.2, 0.25) is 5.02 Å². The average molecular weight is 356 g/mol. The minimum Gasteiger partial charge on any atom is -0.371 e. The lowest BCUT2D eigenvalue weighted by Crippen LogP contribution is -2.42. The van der Waals surface area contributed by atoms with E-state index in [-0.39, 0.29) is 17.5 Å². The van der Waals surface area contributed by atoms with Gasteiger partial charge in [-0.25, -0.2) is 8.42 Å². The molecule has 0 aliphatic carbocycles. The highest BCUT2D eigenvalue weighted by molar-refractivity contribution is 7.89. The highest BCUT2D eigenvalue weighted by Gasteiger charge is 2.34. The van der Waals surface area contributed by atoms with Gasteiger partial charge >= 0.3 is 0 Å². The number of hydrogen-bond donors (Lipinski definition) is 1. The van der Waals surface area contributed by atoms with E-state index in [9.17, 15) is 8.42 Å². The van der Waals surface area contributed by atoms with E-state index in [1.54, 1.807) is 26.0 Å². The van der Waals surface area contributed by atoms with Crippen LogP contribution in [-0.2, 0) is 14.8 Å². The average Bonchev–Trinajstić information content (AvgIpc) is 2.88. The summed E-state index contributed by atoms with van der Waals surface area (Å²) < 4.78 is 33.0. The summed E-state index contributed by atoms with van der Waals surface area (Å²) in [5.74, 6) is 0. The van der Waals surface area contributed by atoms with E-state index in [4.69, 9.17) is 16.3 Å². The van der Waals surface area contributed by atoms with Crippen molar-refractivity contribution in [3.63, 3.8) is 0 Å².